The fourth-order valence-corrected chi connectivity index (χ4v) is 2.57. The fraction of sp³-hybridized carbons (Fsp3) is 0.105. The van der Waals surface area contributed by atoms with Crippen molar-refractivity contribution in [3.63, 3.8) is 0 Å². The van der Waals surface area contributed by atoms with Gasteiger partial charge in [0.2, 0.25) is 0 Å². The van der Waals surface area contributed by atoms with Crippen molar-refractivity contribution in [2.24, 2.45) is 0 Å². The van der Waals surface area contributed by atoms with E-state index in [9.17, 15) is 0 Å². The summed E-state index contributed by atoms with van der Waals surface area (Å²) in [6, 6.07) is 17.1. The van der Waals surface area contributed by atoms with E-state index in [0.717, 1.165) is 16.5 Å². The second kappa shape index (κ2) is 6.60. The third-order valence-electron chi connectivity index (χ3n) is 3.75. The smallest absolute Gasteiger partial charge is 0.254 e. The molecule has 2 aromatic heterocycles. The summed E-state index contributed by atoms with van der Waals surface area (Å²) in [6.45, 7) is 0.165. The van der Waals surface area contributed by atoms with Gasteiger partial charge in [-0.05, 0) is 24.3 Å². The summed E-state index contributed by atoms with van der Waals surface area (Å²) in [5.74, 6) is 2.13. The van der Waals surface area contributed by atoms with Crippen LogP contribution in [0.1, 0.15) is 5.89 Å². The van der Waals surface area contributed by atoms with E-state index in [1.54, 1.807) is 13.3 Å². The molecular weight excluding hydrogens is 318 g/mol. The highest BCUT2D eigenvalue weighted by Crippen LogP contribution is 2.29. The van der Waals surface area contributed by atoms with E-state index in [2.05, 4.69) is 15.2 Å². The normalized spacial score (nSPS) is 10.8. The van der Waals surface area contributed by atoms with Gasteiger partial charge in [-0.2, -0.15) is 0 Å². The summed E-state index contributed by atoms with van der Waals surface area (Å²) < 4.78 is 16.8. The van der Waals surface area contributed by atoms with Gasteiger partial charge in [-0.1, -0.05) is 30.3 Å². The molecule has 0 aliphatic carbocycles. The summed E-state index contributed by atoms with van der Waals surface area (Å²) in [4.78, 5) is 4.36. The summed E-state index contributed by atoms with van der Waals surface area (Å²) in [5, 5.41) is 9.14. The molecule has 2 heterocycles. The number of para-hydroxylation sites is 2. The van der Waals surface area contributed by atoms with Crippen molar-refractivity contribution in [3.05, 3.63) is 66.7 Å². The number of fused-ring (bicyclic) bond motifs is 1. The molecule has 0 fully saturated rings. The molecule has 0 N–H and O–H groups in total. The Morgan fingerprint density at radius 2 is 1.76 bits per heavy atom. The molecular formula is C19H15N3O3. The predicted octanol–water partition coefficient (Wildman–Crippen LogP) is 3.87. The minimum atomic E-state index is 0.165. The highest BCUT2D eigenvalue weighted by molar-refractivity contribution is 5.84. The van der Waals surface area contributed by atoms with Crippen LogP contribution in [-0.4, -0.2) is 22.3 Å². The highest BCUT2D eigenvalue weighted by atomic mass is 16.5. The van der Waals surface area contributed by atoms with Crippen molar-refractivity contribution in [1.29, 1.82) is 0 Å². The maximum absolute atomic E-state index is 5.82. The molecule has 0 saturated carbocycles. The zero-order valence-corrected chi connectivity index (χ0v) is 13.5. The molecule has 0 saturated heterocycles. The van der Waals surface area contributed by atoms with E-state index in [-0.39, 0.29) is 6.61 Å². The van der Waals surface area contributed by atoms with E-state index in [1.165, 1.54) is 0 Å². The van der Waals surface area contributed by atoms with Gasteiger partial charge in [0.25, 0.3) is 11.8 Å². The molecule has 0 spiro atoms. The average Bonchev–Trinajstić information content (AvgIpc) is 3.15. The maximum Gasteiger partial charge on any atom is 0.254 e. The van der Waals surface area contributed by atoms with E-state index in [1.807, 2.05) is 54.6 Å². The van der Waals surface area contributed by atoms with Gasteiger partial charge < -0.3 is 13.9 Å². The lowest BCUT2D eigenvalue weighted by molar-refractivity contribution is 0.267. The lowest BCUT2D eigenvalue weighted by Gasteiger charge is -2.06. The van der Waals surface area contributed by atoms with Crippen LogP contribution in [0.5, 0.6) is 11.5 Å². The van der Waals surface area contributed by atoms with Gasteiger partial charge in [0.1, 0.15) is 17.0 Å². The van der Waals surface area contributed by atoms with Gasteiger partial charge in [0, 0.05) is 11.6 Å². The summed E-state index contributed by atoms with van der Waals surface area (Å²) >= 11 is 0. The Morgan fingerprint density at radius 1 is 0.920 bits per heavy atom. The number of ether oxygens (including phenoxy) is 2. The van der Waals surface area contributed by atoms with Crippen LogP contribution in [-0.2, 0) is 6.61 Å². The molecule has 124 valence electrons. The summed E-state index contributed by atoms with van der Waals surface area (Å²) in [6.07, 6.45) is 1.74. The number of hydrogen-bond donors (Lipinski definition) is 0. The molecule has 4 rings (SSSR count). The first kappa shape index (κ1) is 15.1. The Morgan fingerprint density at radius 3 is 2.68 bits per heavy atom. The Labute approximate surface area is 144 Å². The van der Waals surface area contributed by atoms with Gasteiger partial charge in [-0.15, -0.1) is 10.2 Å². The first-order chi connectivity index (χ1) is 12.3. The predicted molar refractivity (Wildman–Crippen MR) is 92.4 cm³/mol. The van der Waals surface area contributed by atoms with E-state index in [0.29, 0.717) is 23.3 Å². The average molecular weight is 333 g/mol. The molecule has 0 aliphatic heterocycles. The molecule has 6 heteroatoms. The summed E-state index contributed by atoms with van der Waals surface area (Å²) in [5.41, 5.74) is 1.55. The molecule has 25 heavy (non-hydrogen) atoms. The molecule has 0 atom stereocenters. The van der Waals surface area contributed by atoms with Crippen molar-refractivity contribution in [3.8, 4) is 23.0 Å². The van der Waals surface area contributed by atoms with Crippen LogP contribution in [0.2, 0.25) is 0 Å². The minimum Gasteiger partial charge on any atom is -0.496 e. The van der Waals surface area contributed by atoms with Crippen molar-refractivity contribution >= 4 is 10.9 Å². The number of aromatic nitrogens is 3. The monoisotopic (exact) mass is 333 g/mol. The largest absolute Gasteiger partial charge is 0.496 e. The molecule has 4 aromatic rings. The van der Waals surface area contributed by atoms with Crippen LogP contribution >= 0.6 is 0 Å². The van der Waals surface area contributed by atoms with Crippen LogP contribution in [0, 0.1) is 0 Å². The third-order valence-corrected chi connectivity index (χ3v) is 3.75. The van der Waals surface area contributed by atoms with Gasteiger partial charge in [-0.25, -0.2) is 0 Å². The Bertz CT molecular complexity index is 1010. The zero-order chi connectivity index (χ0) is 17.1. The van der Waals surface area contributed by atoms with Gasteiger partial charge >= 0.3 is 0 Å². The van der Waals surface area contributed by atoms with E-state index in [4.69, 9.17) is 13.9 Å². The second-order valence-electron chi connectivity index (χ2n) is 5.32. The van der Waals surface area contributed by atoms with Crippen LogP contribution < -0.4 is 9.47 Å². The molecule has 0 bridgehead atoms. The maximum atomic E-state index is 5.82. The third kappa shape index (κ3) is 3.01. The summed E-state index contributed by atoms with van der Waals surface area (Å²) in [7, 11) is 1.60. The van der Waals surface area contributed by atoms with Gasteiger partial charge in [0.15, 0.2) is 6.61 Å². The van der Waals surface area contributed by atoms with Gasteiger partial charge in [0.05, 0.1) is 12.7 Å². The second-order valence-corrected chi connectivity index (χ2v) is 5.32. The topological polar surface area (TPSA) is 70.3 Å². The number of rotatable bonds is 5. The zero-order valence-electron chi connectivity index (χ0n) is 13.5. The molecule has 0 radical (unpaired) electrons. The number of benzene rings is 2. The fourth-order valence-electron chi connectivity index (χ4n) is 2.57. The standard InChI is InChI=1S/C19H15N3O3/c1-23-15-9-3-2-8-14(15)19-22-21-17(25-19)12-24-16-10-4-6-13-7-5-11-20-18(13)16/h2-11H,12H2,1H3. The van der Waals surface area contributed by atoms with Crippen molar-refractivity contribution in [2.75, 3.05) is 7.11 Å². The SMILES string of the molecule is COc1ccccc1-c1nnc(COc2cccc3cccnc23)o1. The molecule has 2 aromatic carbocycles. The first-order valence-electron chi connectivity index (χ1n) is 7.77. The Hall–Kier alpha value is -3.41. The number of pyridine rings is 1. The van der Waals surface area contributed by atoms with E-state index < -0.39 is 0 Å². The highest BCUT2D eigenvalue weighted by Gasteiger charge is 2.13. The lowest BCUT2D eigenvalue weighted by atomic mass is 10.2. The van der Waals surface area contributed by atoms with Crippen molar-refractivity contribution in [1.82, 2.24) is 15.2 Å². The van der Waals surface area contributed by atoms with Crippen LogP contribution in [0.3, 0.4) is 0 Å². The van der Waals surface area contributed by atoms with Crippen LogP contribution in [0.25, 0.3) is 22.4 Å². The Balaban J connectivity index is 1.55. The molecule has 0 aliphatic rings. The minimum absolute atomic E-state index is 0.165. The number of hydrogen-bond acceptors (Lipinski definition) is 6. The van der Waals surface area contributed by atoms with Crippen molar-refractivity contribution in [2.45, 2.75) is 6.61 Å². The number of methoxy groups -OCH3 is 1. The molecule has 0 amide bonds. The van der Waals surface area contributed by atoms with Crippen LogP contribution in [0.15, 0.2) is 65.2 Å². The van der Waals surface area contributed by atoms with Gasteiger partial charge in [-0.3, -0.25) is 4.98 Å². The quantitative estimate of drug-likeness (QED) is 0.552. The first-order valence-corrected chi connectivity index (χ1v) is 7.77. The number of nitrogens with zero attached hydrogens (tertiary/aromatic N) is 3. The molecule has 0 unspecified atom stereocenters. The molecule has 6 nitrogen and oxygen atoms in total. The van der Waals surface area contributed by atoms with Crippen LogP contribution in [0.4, 0.5) is 0 Å². The van der Waals surface area contributed by atoms with Crippen molar-refractivity contribution < 1.29 is 13.9 Å². The lowest BCUT2D eigenvalue weighted by Crippen LogP contribution is -1.97. The van der Waals surface area contributed by atoms with E-state index >= 15 is 0 Å². The Kier molecular flexibility index (Phi) is 4.00.